The van der Waals surface area contributed by atoms with E-state index in [1.807, 2.05) is 0 Å². The summed E-state index contributed by atoms with van der Waals surface area (Å²) in [6.07, 6.45) is 2.42. The molecule has 1 N–H and O–H groups in total. The van der Waals surface area contributed by atoms with E-state index in [1.54, 1.807) is 30.3 Å². The first-order valence-electron chi connectivity index (χ1n) is 10.8. The summed E-state index contributed by atoms with van der Waals surface area (Å²) in [5.74, 6) is -4.23. The largest absolute Gasteiger partial charge is 1.00 e. The zero-order valence-corrected chi connectivity index (χ0v) is 19.9. The molecule has 2 aliphatic carbocycles. The van der Waals surface area contributed by atoms with Gasteiger partial charge in [0.25, 0.3) is 0 Å². The molecule has 7 heteroatoms. The predicted molar refractivity (Wildman–Crippen MR) is 105 cm³/mol. The molecule has 30 heavy (non-hydrogen) atoms. The van der Waals surface area contributed by atoms with Gasteiger partial charge in [-0.3, -0.25) is 0 Å². The highest BCUT2D eigenvalue weighted by atomic mass is 127. The van der Waals surface area contributed by atoms with Gasteiger partial charge >= 0.3 is 5.97 Å². The highest BCUT2D eigenvalue weighted by Gasteiger charge is 2.59. The summed E-state index contributed by atoms with van der Waals surface area (Å²) >= 11 is 0. The first-order valence-corrected chi connectivity index (χ1v) is 10.8. The predicted octanol–water partition coefficient (Wildman–Crippen LogP) is 0.874. The number of likely N-dealkylation sites (tertiary alicyclic amines) is 1. The smallest absolute Gasteiger partial charge is 0.343 e. The maximum atomic E-state index is 14.4. The van der Waals surface area contributed by atoms with Crippen LogP contribution < -0.4 is 24.0 Å². The molecule has 0 aromatic heterocycles. The first kappa shape index (κ1) is 23.9. The van der Waals surface area contributed by atoms with Crippen LogP contribution in [0.3, 0.4) is 0 Å². The number of alkyl halides is 2. The summed E-state index contributed by atoms with van der Waals surface area (Å²) in [5.41, 5.74) is -1.69. The molecule has 3 aliphatic rings. The second kappa shape index (κ2) is 8.62. The minimum absolute atomic E-state index is 0. The van der Waals surface area contributed by atoms with Crippen molar-refractivity contribution in [3.63, 3.8) is 0 Å². The highest BCUT2D eigenvalue weighted by Crippen LogP contribution is 2.47. The Bertz CT molecular complexity index is 760. The van der Waals surface area contributed by atoms with Gasteiger partial charge in [-0.15, -0.1) is 0 Å². The number of likely N-dealkylation sites (N-methyl/N-ethyl adjacent to an activating group) is 1. The molecule has 0 spiro atoms. The number of hydrogen-bond acceptors (Lipinski definition) is 3. The summed E-state index contributed by atoms with van der Waals surface area (Å²) in [5, 5.41) is 11.7. The van der Waals surface area contributed by atoms with Crippen LogP contribution in [0.25, 0.3) is 0 Å². The van der Waals surface area contributed by atoms with Crippen LogP contribution in [0, 0.1) is 11.8 Å². The van der Waals surface area contributed by atoms with Gasteiger partial charge in [0.05, 0.1) is 26.6 Å². The Labute approximate surface area is 194 Å². The number of aliphatic hydroxyl groups is 1. The number of esters is 1. The third-order valence-electron chi connectivity index (χ3n) is 7.53. The number of benzene rings is 1. The Morgan fingerprint density at radius 3 is 2.47 bits per heavy atom. The lowest BCUT2D eigenvalue weighted by Crippen LogP contribution is -3.00. The number of fused-ring (bicyclic) bond motifs is 2. The first-order chi connectivity index (χ1) is 13.6. The Balaban J connectivity index is 0.00000256. The molecule has 1 heterocycles. The maximum absolute atomic E-state index is 14.4. The molecule has 1 saturated heterocycles. The second-order valence-corrected chi connectivity index (χ2v) is 9.87. The second-order valence-electron chi connectivity index (χ2n) is 9.87. The van der Waals surface area contributed by atoms with E-state index < -0.39 is 29.8 Å². The zero-order valence-electron chi connectivity index (χ0n) is 17.7. The molecular weight excluding hydrogens is 503 g/mol. The van der Waals surface area contributed by atoms with Gasteiger partial charge in [0.1, 0.15) is 6.04 Å². The lowest BCUT2D eigenvalue weighted by atomic mass is 9.76. The standard InChI is InChI=1S/C23H32F2NO3.HI/c1-26(2)15-16-11-12-19(26)20(16)29-21(27)23(28,17-8-4-3-5-9-17)18-10-6-7-13-22(24,25)14-18;/h3-5,8-9,16,18-20,28H,6-7,10-15H2,1-2H3;1H/q+1;/p-1/t16?,18-,19-,20?,23-;/m0./s1. The third kappa shape index (κ3) is 4.26. The molecule has 5 atom stereocenters. The van der Waals surface area contributed by atoms with Crippen LogP contribution in [-0.2, 0) is 15.1 Å². The van der Waals surface area contributed by atoms with Crippen LogP contribution in [0.4, 0.5) is 8.78 Å². The molecule has 1 aromatic carbocycles. The Kier molecular flexibility index (Phi) is 6.85. The molecule has 168 valence electrons. The molecule has 0 radical (unpaired) electrons. The number of ether oxygens (including phenoxy) is 1. The van der Waals surface area contributed by atoms with Gasteiger partial charge in [-0.2, -0.15) is 0 Å². The van der Waals surface area contributed by atoms with Crippen molar-refractivity contribution in [2.45, 2.75) is 68.6 Å². The molecule has 2 bridgehead atoms. The van der Waals surface area contributed by atoms with Gasteiger partial charge in [-0.1, -0.05) is 36.8 Å². The average molecular weight is 535 g/mol. The number of carbonyl (C=O) groups is 1. The molecule has 1 aliphatic heterocycles. The van der Waals surface area contributed by atoms with Gasteiger partial charge < -0.3 is 38.3 Å². The minimum atomic E-state index is -2.88. The summed E-state index contributed by atoms with van der Waals surface area (Å²) in [6, 6.07) is 8.73. The van der Waals surface area contributed by atoms with Gasteiger partial charge in [0, 0.05) is 25.2 Å². The number of hydrogen-bond donors (Lipinski definition) is 1. The number of carbonyl (C=O) groups excluding carboxylic acids is 1. The van der Waals surface area contributed by atoms with E-state index >= 15 is 0 Å². The van der Waals surface area contributed by atoms with Crippen molar-refractivity contribution in [1.82, 2.24) is 0 Å². The number of halogens is 3. The van der Waals surface area contributed by atoms with E-state index in [0.29, 0.717) is 24.8 Å². The van der Waals surface area contributed by atoms with Crippen LogP contribution in [-0.4, -0.2) is 54.3 Å². The topological polar surface area (TPSA) is 46.5 Å². The van der Waals surface area contributed by atoms with Crippen LogP contribution >= 0.6 is 0 Å². The maximum Gasteiger partial charge on any atom is 0.343 e. The van der Waals surface area contributed by atoms with Crippen molar-refractivity contribution < 1.29 is 51.9 Å². The number of rotatable bonds is 4. The number of nitrogens with zero attached hydrogens (tertiary/aromatic N) is 1. The van der Waals surface area contributed by atoms with Crippen molar-refractivity contribution in [1.29, 1.82) is 0 Å². The fourth-order valence-corrected chi connectivity index (χ4v) is 6.01. The van der Waals surface area contributed by atoms with E-state index in [9.17, 15) is 18.7 Å². The average Bonchev–Trinajstić information content (AvgIpc) is 3.08. The Hall–Kier alpha value is -0.800. The van der Waals surface area contributed by atoms with Crippen LogP contribution in [0.2, 0.25) is 0 Å². The Morgan fingerprint density at radius 1 is 1.17 bits per heavy atom. The molecule has 1 aromatic rings. The van der Waals surface area contributed by atoms with Gasteiger partial charge in [-0.05, 0) is 24.8 Å². The van der Waals surface area contributed by atoms with E-state index in [4.69, 9.17) is 4.74 Å². The monoisotopic (exact) mass is 535 g/mol. The fraction of sp³-hybridized carbons (Fsp3) is 0.696. The van der Waals surface area contributed by atoms with Crippen LogP contribution in [0.15, 0.2) is 30.3 Å². The van der Waals surface area contributed by atoms with Crippen molar-refractivity contribution in [3.8, 4) is 0 Å². The zero-order chi connectivity index (χ0) is 20.9. The third-order valence-corrected chi connectivity index (χ3v) is 7.53. The molecule has 2 unspecified atom stereocenters. The summed E-state index contributed by atoms with van der Waals surface area (Å²) < 4.78 is 35.6. The lowest BCUT2D eigenvalue weighted by molar-refractivity contribution is -0.908. The molecule has 2 saturated carbocycles. The summed E-state index contributed by atoms with van der Waals surface area (Å²) in [6.45, 7) is 0.938. The highest BCUT2D eigenvalue weighted by molar-refractivity contribution is 5.82. The SMILES string of the molecule is C[N+]1(C)CC2CC[C@H]1C2OC(=O)[C@](O)(c1ccccc1)[C@H]1CCCCC(F)(F)C1.[I-]. The summed E-state index contributed by atoms with van der Waals surface area (Å²) in [4.78, 5) is 13.4. The van der Waals surface area contributed by atoms with E-state index in [2.05, 4.69) is 14.1 Å². The lowest BCUT2D eigenvalue weighted by Gasteiger charge is -2.37. The van der Waals surface area contributed by atoms with E-state index in [0.717, 1.165) is 23.9 Å². The molecule has 4 nitrogen and oxygen atoms in total. The van der Waals surface area contributed by atoms with E-state index in [1.165, 1.54) is 0 Å². The van der Waals surface area contributed by atoms with Gasteiger partial charge in [0.2, 0.25) is 5.92 Å². The summed E-state index contributed by atoms with van der Waals surface area (Å²) in [7, 11) is 4.28. The molecule has 0 amide bonds. The van der Waals surface area contributed by atoms with Crippen molar-refractivity contribution in [2.75, 3.05) is 20.6 Å². The van der Waals surface area contributed by atoms with Gasteiger partial charge in [0.15, 0.2) is 11.7 Å². The Morgan fingerprint density at radius 2 is 1.87 bits per heavy atom. The van der Waals surface area contributed by atoms with Crippen molar-refractivity contribution >= 4 is 5.97 Å². The van der Waals surface area contributed by atoms with Gasteiger partial charge in [-0.25, -0.2) is 13.6 Å². The van der Waals surface area contributed by atoms with Crippen molar-refractivity contribution in [2.24, 2.45) is 11.8 Å². The quantitative estimate of drug-likeness (QED) is 0.270. The minimum Gasteiger partial charge on any atom is -1.00 e. The number of quaternary nitrogens is 1. The molecule has 3 fully saturated rings. The van der Waals surface area contributed by atoms with E-state index in [-0.39, 0.29) is 48.5 Å². The number of piperidine rings is 1. The molecular formula is C23H32F2INO3. The van der Waals surface area contributed by atoms with Crippen LogP contribution in [0.1, 0.15) is 50.5 Å². The fourth-order valence-electron chi connectivity index (χ4n) is 6.01. The van der Waals surface area contributed by atoms with Crippen molar-refractivity contribution in [3.05, 3.63) is 35.9 Å². The van der Waals surface area contributed by atoms with Crippen LogP contribution in [0.5, 0.6) is 0 Å². The normalized spacial score (nSPS) is 33.8. The molecule has 4 rings (SSSR count).